The second-order valence-corrected chi connectivity index (χ2v) is 4.55. The number of nitrogens with one attached hydrogen (secondary N) is 1. The van der Waals surface area contributed by atoms with Gasteiger partial charge in [-0.2, -0.15) is 0 Å². The number of rotatable bonds is 4. The number of aliphatic hydroxyl groups excluding tert-OH is 1. The fourth-order valence-corrected chi connectivity index (χ4v) is 2.08. The minimum atomic E-state index is -1.04. The number of aliphatic hydroxyl groups is 1. The van der Waals surface area contributed by atoms with Crippen molar-refractivity contribution >= 4 is 11.9 Å². The van der Waals surface area contributed by atoms with E-state index in [0.717, 1.165) is 6.42 Å². The highest BCUT2D eigenvalue weighted by atomic mass is 16.5. The average molecular weight is 267 g/mol. The molecule has 3 N–H and O–H groups in total. The van der Waals surface area contributed by atoms with Gasteiger partial charge in [-0.25, -0.2) is 14.8 Å². The molecule has 0 aliphatic carbocycles. The number of aryl methyl sites for hydroxylation is 1. The number of aromatic carboxylic acids is 1. The molecule has 1 fully saturated rings. The lowest BCUT2D eigenvalue weighted by Gasteiger charge is -2.30. The maximum atomic E-state index is 10.9. The predicted octanol–water partition coefficient (Wildman–Crippen LogP) is 0.293. The lowest BCUT2D eigenvalue weighted by Crippen LogP contribution is -2.40. The third-order valence-corrected chi connectivity index (χ3v) is 3.23. The summed E-state index contributed by atoms with van der Waals surface area (Å²) in [5.41, 5.74) is 0.508. The number of carbonyl (C=O) groups is 1. The Morgan fingerprint density at radius 1 is 1.63 bits per heavy atom. The van der Waals surface area contributed by atoms with E-state index in [4.69, 9.17) is 9.84 Å². The monoisotopic (exact) mass is 267 g/mol. The first-order valence-corrected chi connectivity index (χ1v) is 6.14. The number of carboxylic acids is 1. The van der Waals surface area contributed by atoms with Gasteiger partial charge >= 0.3 is 5.97 Å². The number of nitrogens with zero attached hydrogens (tertiary/aromatic N) is 2. The largest absolute Gasteiger partial charge is 0.478 e. The molecule has 0 radical (unpaired) electrons. The van der Waals surface area contributed by atoms with Crippen LogP contribution in [-0.4, -0.2) is 52.0 Å². The average Bonchev–Trinajstić information content (AvgIpc) is 2.39. The molecule has 19 heavy (non-hydrogen) atoms. The van der Waals surface area contributed by atoms with E-state index in [2.05, 4.69) is 15.3 Å². The first-order chi connectivity index (χ1) is 9.11. The van der Waals surface area contributed by atoms with E-state index in [1.54, 1.807) is 6.92 Å². The Morgan fingerprint density at radius 2 is 2.42 bits per heavy atom. The zero-order valence-corrected chi connectivity index (χ0v) is 10.7. The topological polar surface area (TPSA) is 105 Å². The Labute approximate surface area is 110 Å². The zero-order chi connectivity index (χ0) is 13.8. The van der Waals surface area contributed by atoms with Gasteiger partial charge in [0.25, 0.3) is 0 Å². The summed E-state index contributed by atoms with van der Waals surface area (Å²) >= 11 is 0. The second-order valence-electron chi connectivity index (χ2n) is 4.55. The molecule has 0 unspecified atom stereocenters. The zero-order valence-electron chi connectivity index (χ0n) is 10.7. The maximum Gasteiger partial charge on any atom is 0.339 e. The molecule has 1 saturated heterocycles. The Bertz CT molecular complexity index is 466. The number of hydrogen-bond acceptors (Lipinski definition) is 6. The summed E-state index contributed by atoms with van der Waals surface area (Å²) in [6.07, 6.45) is 2.05. The molecule has 1 aromatic rings. The van der Waals surface area contributed by atoms with Crippen molar-refractivity contribution in [3.8, 4) is 0 Å². The summed E-state index contributed by atoms with van der Waals surface area (Å²) < 4.78 is 5.30. The number of anilines is 1. The molecule has 0 aromatic carbocycles. The molecule has 1 aromatic heterocycles. The highest BCUT2D eigenvalue weighted by Gasteiger charge is 2.25. The van der Waals surface area contributed by atoms with Crippen LogP contribution in [0.15, 0.2) is 6.20 Å². The molecule has 7 heteroatoms. The number of hydrogen-bond donors (Lipinski definition) is 3. The van der Waals surface area contributed by atoms with E-state index < -0.39 is 5.97 Å². The Hall–Kier alpha value is -1.73. The van der Waals surface area contributed by atoms with E-state index in [9.17, 15) is 9.90 Å². The molecule has 2 rings (SSSR count). The first-order valence-electron chi connectivity index (χ1n) is 6.14. The molecule has 2 atom stereocenters. The number of carboxylic acid groups (broad SMARTS) is 1. The van der Waals surface area contributed by atoms with Gasteiger partial charge in [0.05, 0.1) is 24.5 Å². The van der Waals surface area contributed by atoms with Gasteiger partial charge in [-0.05, 0) is 13.3 Å². The van der Waals surface area contributed by atoms with Gasteiger partial charge in [0, 0.05) is 24.8 Å². The van der Waals surface area contributed by atoms with Crippen LogP contribution in [-0.2, 0) is 4.74 Å². The van der Waals surface area contributed by atoms with Crippen LogP contribution in [0.25, 0.3) is 0 Å². The van der Waals surface area contributed by atoms with E-state index in [0.29, 0.717) is 24.9 Å². The quantitative estimate of drug-likeness (QED) is 0.720. The molecule has 0 bridgehead atoms. The molecule has 2 heterocycles. The van der Waals surface area contributed by atoms with Gasteiger partial charge < -0.3 is 20.3 Å². The summed E-state index contributed by atoms with van der Waals surface area (Å²) in [6, 6.07) is 0.0360. The molecular weight excluding hydrogens is 250 g/mol. The third kappa shape index (κ3) is 3.18. The van der Waals surface area contributed by atoms with Crippen molar-refractivity contribution in [3.63, 3.8) is 0 Å². The van der Waals surface area contributed by atoms with Crippen molar-refractivity contribution in [1.82, 2.24) is 9.97 Å². The van der Waals surface area contributed by atoms with Gasteiger partial charge in [0.15, 0.2) is 0 Å². The van der Waals surface area contributed by atoms with Crippen LogP contribution in [0.4, 0.5) is 5.95 Å². The Kier molecular flexibility index (Phi) is 4.28. The van der Waals surface area contributed by atoms with Gasteiger partial charge in [0.2, 0.25) is 5.95 Å². The Morgan fingerprint density at radius 3 is 3.05 bits per heavy atom. The first kappa shape index (κ1) is 13.7. The minimum absolute atomic E-state index is 0.00296. The van der Waals surface area contributed by atoms with E-state index in [-0.39, 0.29) is 24.1 Å². The molecule has 7 nitrogen and oxygen atoms in total. The van der Waals surface area contributed by atoms with Crippen LogP contribution in [0.3, 0.4) is 0 Å². The lowest BCUT2D eigenvalue weighted by atomic mass is 9.97. The van der Waals surface area contributed by atoms with Crippen LogP contribution in [0, 0.1) is 12.8 Å². The van der Waals surface area contributed by atoms with Crippen LogP contribution < -0.4 is 5.32 Å². The second kappa shape index (κ2) is 5.94. The standard InChI is InChI=1S/C12H17N3O4/c1-7-9(11(17)18)4-13-12(14-7)15-10-2-3-19-6-8(10)5-16/h4,8,10,16H,2-3,5-6H2,1H3,(H,17,18)(H,13,14,15)/t8-,10+/m0/s1. The molecular formula is C12H17N3O4. The molecule has 1 aliphatic rings. The van der Waals surface area contributed by atoms with Crippen molar-refractivity contribution in [2.45, 2.75) is 19.4 Å². The van der Waals surface area contributed by atoms with Gasteiger partial charge in [-0.15, -0.1) is 0 Å². The third-order valence-electron chi connectivity index (χ3n) is 3.23. The van der Waals surface area contributed by atoms with Crippen LogP contribution in [0.2, 0.25) is 0 Å². The molecule has 0 amide bonds. The fourth-order valence-electron chi connectivity index (χ4n) is 2.08. The lowest BCUT2D eigenvalue weighted by molar-refractivity contribution is 0.0224. The van der Waals surface area contributed by atoms with Crippen molar-refractivity contribution in [2.75, 3.05) is 25.1 Å². The van der Waals surface area contributed by atoms with E-state index in [1.807, 2.05) is 0 Å². The minimum Gasteiger partial charge on any atom is -0.478 e. The normalized spacial score (nSPS) is 23.1. The predicted molar refractivity (Wildman–Crippen MR) is 67.2 cm³/mol. The van der Waals surface area contributed by atoms with Crippen molar-refractivity contribution in [1.29, 1.82) is 0 Å². The van der Waals surface area contributed by atoms with Gasteiger partial charge in [-0.1, -0.05) is 0 Å². The van der Waals surface area contributed by atoms with Crippen LogP contribution in [0.1, 0.15) is 22.5 Å². The van der Waals surface area contributed by atoms with E-state index in [1.165, 1.54) is 6.20 Å². The van der Waals surface area contributed by atoms with E-state index >= 15 is 0 Å². The van der Waals surface area contributed by atoms with Gasteiger partial charge in [0.1, 0.15) is 0 Å². The Balaban J connectivity index is 2.10. The number of aromatic nitrogens is 2. The summed E-state index contributed by atoms with van der Waals surface area (Å²) in [5.74, 6) is -0.659. The molecule has 0 spiro atoms. The fraction of sp³-hybridized carbons (Fsp3) is 0.583. The summed E-state index contributed by atoms with van der Waals surface area (Å²) in [4.78, 5) is 19.0. The summed E-state index contributed by atoms with van der Waals surface area (Å²) in [5, 5.41) is 21.3. The number of ether oxygens (including phenoxy) is 1. The molecule has 104 valence electrons. The van der Waals surface area contributed by atoms with Crippen LogP contribution >= 0.6 is 0 Å². The highest BCUT2D eigenvalue weighted by Crippen LogP contribution is 2.18. The van der Waals surface area contributed by atoms with Crippen molar-refractivity contribution < 1.29 is 19.7 Å². The molecule has 0 saturated carbocycles. The SMILES string of the molecule is Cc1nc(N[C@@H]2CCOC[C@@H]2CO)ncc1C(=O)O. The highest BCUT2D eigenvalue weighted by molar-refractivity contribution is 5.88. The smallest absolute Gasteiger partial charge is 0.339 e. The maximum absolute atomic E-state index is 10.9. The van der Waals surface area contributed by atoms with Crippen molar-refractivity contribution in [3.05, 3.63) is 17.5 Å². The summed E-state index contributed by atoms with van der Waals surface area (Å²) in [7, 11) is 0. The van der Waals surface area contributed by atoms with Crippen LogP contribution in [0.5, 0.6) is 0 Å². The summed E-state index contributed by atoms with van der Waals surface area (Å²) in [6.45, 7) is 2.79. The molecule has 1 aliphatic heterocycles. The van der Waals surface area contributed by atoms with Gasteiger partial charge in [-0.3, -0.25) is 0 Å². The van der Waals surface area contributed by atoms with Crippen molar-refractivity contribution in [2.24, 2.45) is 5.92 Å².